The third-order valence-electron chi connectivity index (χ3n) is 4.40. The lowest BCUT2D eigenvalue weighted by Gasteiger charge is -2.34. The van der Waals surface area contributed by atoms with Gasteiger partial charge in [0.15, 0.2) is 0 Å². The molecule has 1 aliphatic heterocycles. The predicted octanol–water partition coefficient (Wildman–Crippen LogP) is 3.89. The standard InChI is InChI=1S/C14H25NO.C2H6/c1-12(16)14-7-9-15(10-8-14)11-13-5-3-2-4-6-13;1-2/h13-14H,2-11H2,1H3;1-2H3. The molecule has 1 saturated carbocycles. The Hall–Kier alpha value is -0.370. The fourth-order valence-electron chi connectivity index (χ4n) is 3.26. The van der Waals surface area contributed by atoms with E-state index < -0.39 is 0 Å². The van der Waals surface area contributed by atoms with E-state index in [4.69, 9.17) is 0 Å². The number of ketones is 1. The second-order valence-corrected chi connectivity index (χ2v) is 5.69. The molecule has 0 aromatic carbocycles. The molecule has 0 N–H and O–H groups in total. The quantitative estimate of drug-likeness (QED) is 0.760. The normalized spacial score (nSPS) is 23.3. The topological polar surface area (TPSA) is 20.3 Å². The Labute approximate surface area is 113 Å². The minimum atomic E-state index is 0.364. The van der Waals surface area contributed by atoms with Gasteiger partial charge in [0.25, 0.3) is 0 Å². The van der Waals surface area contributed by atoms with Crippen molar-refractivity contribution in [2.45, 2.75) is 65.7 Å². The Morgan fingerprint density at radius 2 is 1.56 bits per heavy atom. The zero-order valence-electron chi connectivity index (χ0n) is 12.6. The highest BCUT2D eigenvalue weighted by Gasteiger charge is 2.24. The Morgan fingerprint density at radius 1 is 1.00 bits per heavy atom. The van der Waals surface area contributed by atoms with Gasteiger partial charge >= 0.3 is 0 Å². The number of nitrogens with zero attached hydrogens (tertiary/aromatic N) is 1. The van der Waals surface area contributed by atoms with Gasteiger partial charge in [-0.15, -0.1) is 0 Å². The molecule has 0 radical (unpaired) electrons. The zero-order chi connectivity index (χ0) is 13.4. The molecule has 0 amide bonds. The van der Waals surface area contributed by atoms with Crippen molar-refractivity contribution in [2.24, 2.45) is 11.8 Å². The number of carbonyl (C=O) groups excluding carboxylic acids is 1. The van der Waals surface area contributed by atoms with Crippen molar-refractivity contribution in [1.29, 1.82) is 0 Å². The molecule has 2 heteroatoms. The first kappa shape index (κ1) is 15.7. The number of rotatable bonds is 3. The van der Waals surface area contributed by atoms with Gasteiger partial charge in [0.2, 0.25) is 0 Å². The van der Waals surface area contributed by atoms with Crippen molar-refractivity contribution in [3.05, 3.63) is 0 Å². The first-order valence-corrected chi connectivity index (χ1v) is 7.98. The van der Waals surface area contributed by atoms with E-state index in [0.717, 1.165) is 31.8 Å². The zero-order valence-corrected chi connectivity index (χ0v) is 12.6. The number of carbonyl (C=O) groups is 1. The van der Waals surface area contributed by atoms with Crippen LogP contribution in [-0.4, -0.2) is 30.3 Å². The van der Waals surface area contributed by atoms with Crippen LogP contribution in [0.1, 0.15) is 65.7 Å². The summed E-state index contributed by atoms with van der Waals surface area (Å²) in [5.41, 5.74) is 0. The minimum absolute atomic E-state index is 0.364. The van der Waals surface area contributed by atoms with Crippen molar-refractivity contribution >= 4 is 5.78 Å². The van der Waals surface area contributed by atoms with Gasteiger partial charge in [-0.1, -0.05) is 33.1 Å². The van der Waals surface area contributed by atoms with Gasteiger partial charge < -0.3 is 4.90 Å². The van der Waals surface area contributed by atoms with Crippen molar-refractivity contribution < 1.29 is 4.79 Å². The average Bonchev–Trinajstić information content (AvgIpc) is 2.43. The number of Topliss-reactive ketones (excluding diaryl/α,β-unsaturated/α-hetero) is 1. The number of hydrogen-bond acceptors (Lipinski definition) is 2. The Bertz CT molecular complexity index is 225. The summed E-state index contributed by atoms with van der Waals surface area (Å²) >= 11 is 0. The van der Waals surface area contributed by atoms with Crippen LogP contribution in [0.4, 0.5) is 0 Å². The van der Waals surface area contributed by atoms with Gasteiger partial charge in [-0.2, -0.15) is 0 Å². The van der Waals surface area contributed by atoms with Gasteiger partial charge in [0.1, 0.15) is 5.78 Å². The second kappa shape index (κ2) is 8.68. The third-order valence-corrected chi connectivity index (χ3v) is 4.40. The van der Waals surface area contributed by atoms with Gasteiger partial charge in [-0.05, 0) is 51.6 Å². The fraction of sp³-hybridized carbons (Fsp3) is 0.938. The van der Waals surface area contributed by atoms with Crippen molar-refractivity contribution in [3.63, 3.8) is 0 Å². The smallest absolute Gasteiger partial charge is 0.133 e. The van der Waals surface area contributed by atoms with Crippen LogP contribution in [0, 0.1) is 11.8 Å². The van der Waals surface area contributed by atoms with Gasteiger partial charge in [-0.3, -0.25) is 4.79 Å². The van der Waals surface area contributed by atoms with E-state index in [9.17, 15) is 4.79 Å². The molecule has 2 aliphatic rings. The Morgan fingerprint density at radius 3 is 2.06 bits per heavy atom. The van der Waals surface area contributed by atoms with Crippen LogP contribution < -0.4 is 0 Å². The van der Waals surface area contributed by atoms with E-state index in [1.54, 1.807) is 6.92 Å². The summed E-state index contributed by atoms with van der Waals surface area (Å²) in [6.45, 7) is 9.35. The van der Waals surface area contributed by atoms with Crippen LogP contribution in [0.5, 0.6) is 0 Å². The highest BCUT2D eigenvalue weighted by atomic mass is 16.1. The van der Waals surface area contributed by atoms with Gasteiger partial charge in [0.05, 0.1) is 0 Å². The maximum atomic E-state index is 11.3. The van der Waals surface area contributed by atoms with Crippen LogP contribution in [0.15, 0.2) is 0 Å². The summed E-state index contributed by atoms with van der Waals surface area (Å²) in [4.78, 5) is 13.9. The SMILES string of the molecule is CC.CC(=O)C1CCN(CC2CCCCC2)CC1. The second-order valence-electron chi connectivity index (χ2n) is 5.69. The monoisotopic (exact) mass is 253 g/mol. The molecule has 106 valence electrons. The molecule has 0 bridgehead atoms. The van der Waals surface area contributed by atoms with E-state index in [2.05, 4.69) is 4.90 Å². The first-order valence-electron chi connectivity index (χ1n) is 7.98. The molecule has 0 atom stereocenters. The Kier molecular flexibility index (Phi) is 7.57. The Balaban J connectivity index is 0.000000771. The van der Waals surface area contributed by atoms with Crippen LogP contribution in [0.2, 0.25) is 0 Å². The van der Waals surface area contributed by atoms with Crippen molar-refractivity contribution in [1.82, 2.24) is 4.90 Å². The molecule has 0 aromatic heterocycles. The summed E-state index contributed by atoms with van der Waals surface area (Å²) in [5.74, 6) is 1.71. The first-order chi connectivity index (χ1) is 8.75. The molecule has 0 unspecified atom stereocenters. The lowest BCUT2D eigenvalue weighted by atomic mass is 9.87. The molecular weight excluding hydrogens is 222 g/mol. The number of likely N-dealkylation sites (tertiary alicyclic amines) is 1. The van der Waals surface area contributed by atoms with E-state index in [-0.39, 0.29) is 0 Å². The van der Waals surface area contributed by atoms with E-state index >= 15 is 0 Å². The molecule has 2 fully saturated rings. The molecule has 2 nitrogen and oxygen atoms in total. The lowest BCUT2D eigenvalue weighted by Crippen LogP contribution is -2.39. The highest BCUT2D eigenvalue weighted by Crippen LogP contribution is 2.26. The summed E-state index contributed by atoms with van der Waals surface area (Å²) in [7, 11) is 0. The van der Waals surface area contributed by atoms with E-state index in [1.165, 1.54) is 38.6 Å². The molecule has 18 heavy (non-hydrogen) atoms. The molecule has 0 spiro atoms. The molecule has 1 heterocycles. The minimum Gasteiger partial charge on any atom is -0.303 e. The molecule has 0 aromatic rings. The average molecular weight is 253 g/mol. The molecule has 1 saturated heterocycles. The highest BCUT2D eigenvalue weighted by molar-refractivity contribution is 5.78. The summed E-state index contributed by atoms with van der Waals surface area (Å²) in [6.07, 6.45) is 9.40. The van der Waals surface area contributed by atoms with Crippen molar-refractivity contribution in [2.75, 3.05) is 19.6 Å². The van der Waals surface area contributed by atoms with Crippen LogP contribution in [0.3, 0.4) is 0 Å². The van der Waals surface area contributed by atoms with E-state index in [0.29, 0.717) is 11.7 Å². The predicted molar refractivity (Wildman–Crippen MR) is 77.8 cm³/mol. The summed E-state index contributed by atoms with van der Waals surface area (Å²) in [5, 5.41) is 0. The van der Waals surface area contributed by atoms with Gasteiger partial charge in [-0.25, -0.2) is 0 Å². The lowest BCUT2D eigenvalue weighted by molar-refractivity contribution is -0.122. The number of hydrogen-bond donors (Lipinski definition) is 0. The summed E-state index contributed by atoms with van der Waals surface area (Å²) in [6, 6.07) is 0. The third kappa shape index (κ3) is 5.09. The molecule has 1 aliphatic carbocycles. The molecule has 2 rings (SSSR count). The van der Waals surface area contributed by atoms with E-state index in [1.807, 2.05) is 13.8 Å². The largest absolute Gasteiger partial charge is 0.303 e. The summed E-state index contributed by atoms with van der Waals surface area (Å²) < 4.78 is 0. The van der Waals surface area contributed by atoms with Crippen LogP contribution >= 0.6 is 0 Å². The van der Waals surface area contributed by atoms with Crippen LogP contribution in [0.25, 0.3) is 0 Å². The maximum absolute atomic E-state index is 11.3. The molecular formula is C16H31NO. The van der Waals surface area contributed by atoms with Gasteiger partial charge in [0, 0.05) is 12.5 Å². The van der Waals surface area contributed by atoms with Crippen LogP contribution in [-0.2, 0) is 4.79 Å². The maximum Gasteiger partial charge on any atom is 0.133 e. The van der Waals surface area contributed by atoms with Crippen molar-refractivity contribution in [3.8, 4) is 0 Å². The number of piperidine rings is 1. The fourth-order valence-corrected chi connectivity index (χ4v) is 3.26.